The molecule has 0 bridgehead atoms. The molecule has 2 amide bonds. The standard InChI is InChI=1S/C24H21N3O2S/c1-17-9-11-18(12-10-17)14-22-24(29)27(20-7-2-3-8-21(20)30-22)16-23(28)26-15-19-6-4-5-13-25-19/h2-14H,15-16H2,1H3,(H,26,28)/b22-14-. The molecule has 3 aromatic rings. The monoisotopic (exact) mass is 415 g/mol. The molecular formula is C24H21N3O2S. The van der Waals surface area contributed by atoms with Crippen LogP contribution in [-0.4, -0.2) is 23.3 Å². The van der Waals surface area contributed by atoms with Crippen LogP contribution in [0.3, 0.4) is 0 Å². The van der Waals surface area contributed by atoms with Crippen molar-refractivity contribution >= 4 is 35.3 Å². The van der Waals surface area contributed by atoms with Gasteiger partial charge in [-0.05, 0) is 42.8 Å². The number of carbonyl (C=O) groups excluding carboxylic acids is 2. The summed E-state index contributed by atoms with van der Waals surface area (Å²) in [5.74, 6) is -0.405. The fraction of sp³-hybridized carbons (Fsp3) is 0.125. The van der Waals surface area contributed by atoms with Crippen LogP contribution in [0, 0.1) is 6.92 Å². The number of hydrogen-bond donors (Lipinski definition) is 1. The van der Waals surface area contributed by atoms with Gasteiger partial charge in [0.15, 0.2) is 0 Å². The van der Waals surface area contributed by atoms with Crippen LogP contribution in [0.4, 0.5) is 5.69 Å². The largest absolute Gasteiger partial charge is 0.349 e. The number of hydrogen-bond acceptors (Lipinski definition) is 4. The van der Waals surface area contributed by atoms with Crippen molar-refractivity contribution in [1.82, 2.24) is 10.3 Å². The number of fused-ring (bicyclic) bond motifs is 1. The van der Waals surface area contributed by atoms with Crippen molar-refractivity contribution in [3.63, 3.8) is 0 Å². The fourth-order valence-corrected chi connectivity index (χ4v) is 4.18. The van der Waals surface area contributed by atoms with Crippen molar-refractivity contribution in [1.29, 1.82) is 0 Å². The molecule has 1 N–H and O–H groups in total. The summed E-state index contributed by atoms with van der Waals surface area (Å²) in [7, 11) is 0. The Hall–Kier alpha value is -3.38. The predicted molar refractivity (Wildman–Crippen MR) is 120 cm³/mol. The zero-order chi connectivity index (χ0) is 20.9. The smallest absolute Gasteiger partial charge is 0.265 e. The lowest BCUT2D eigenvalue weighted by Crippen LogP contribution is -2.42. The van der Waals surface area contributed by atoms with Gasteiger partial charge in [0.25, 0.3) is 5.91 Å². The highest BCUT2D eigenvalue weighted by Gasteiger charge is 2.30. The molecule has 30 heavy (non-hydrogen) atoms. The highest BCUT2D eigenvalue weighted by Crippen LogP contribution is 2.41. The van der Waals surface area contributed by atoms with Gasteiger partial charge in [-0.3, -0.25) is 19.5 Å². The van der Waals surface area contributed by atoms with Gasteiger partial charge in [-0.15, -0.1) is 0 Å². The summed E-state index contributed by atoms with van der Waals surface area (Å²) in [6.45, 7) is 2.30. The quantitative estimate of drug-likeness (QED) is 0.635. The van der Waals surface area contributed by atoms with Crippen LogP contribution < -0.4 is 10.2 Å². The van der Waals surface area contributed by atoms with Gasteiger partial charge in [0, 0.05) is 11.1 Å². The van der Waals surface area contributed by atoms with E-state index in [0.717, 1.165) is 27.4 Å². The molecule has 0 atom stereocenters. The highest BCUT2D eigenvalue weighted by atomic mass is 32.2. The van der Waals surface area contributed by atoms with E-state index in [1.807, 2.05) is 79.7 Å². The van der Waals surface area contributed by atoms with E-state index in [1.54, 1.807) is 11.1 Å². The van der Waals surface area contributed by atoms with Crippen LogP contribution >= 0.6 is 11.8 Å². The second-order valence-electron chi connectivity index (χ2n) is 6.98. The van der Waals surface area contributed by atoms with Crippen molar-refractivity contribution in [2.75, 3.05) is 11.4 Å². The van der Waals surface area contributed by atoms with Crippen LogP contribution in [0.5, 0.6) is 0 Å². The molecule has 0 aliphatic carbocycles. The van der Waals surface area contributed by atoms with E-state index in [9.17, 15) is 9.59 Å². The number of benzene rings is 2. The Labute approximate surface area is 179 Å². The van der Waals surface area contributed by atoms with Gasteiger partial charge in [-0.1, -0.05) is 59.8 Å². The number of aryl methyl sites for hydroxylation is 1. The molecule has 2 aromatic carbocycles. The third-order valence-electron chi connectivity index (χ3n) is 4.70. The van der Waals surface area contributed by atoms with E-state index >= 15 is 0 Å². The Kier molecular flexibility index (Phi) is 5.95. The Morgan fingerprint density at radius 1 is 1.07 bits per heavy atom. The summed E-state index contributed by atoms with van der Waals surface area (Å²) in [5.41, 5.74) is 3.64. The molecule has 0 spiro atoms. The molecule has 6 heteroatoms. The number of thioether (sulfide) groups is 1. The molecule has 1 aliphatic rings. The van der Waals surface area contributed by atoms with Crippen molar-refractivity contribution in [2.45, 2.75) is 18.4 Å². The van der Waals surface area contributed by atoms with Crippen molar-refractivity contribution in [3.05, 3.63) is 94.7 Å². The second-order valence-corrected chi connectivity index (χ2v) is 8.06. The van der Waals surface area contributed by atoms with E-state index in [2.05, 4.69) is 10.3 Å². The van der Waals surface area contributed by atoms with Gasteiger partial charge in [0.1, 0.15) is 6.54 Å². The molecule has 0 unspecified atom stereocenters. The summed E-state index contributed by atoms with van der Waals surface area (Å²) >= 11 is 1.43. The van der Waals surface area contributed by atoms with Gasteiger partial charge < -0.3 is 5.32 Å². The summed E-state index contributed by atoms with van der Waals surface area (Å²) in [5, 5.41) is 2.85. The van der Waals surface area contributed by atoms with Crippen LogP contribution in [0.25, 0.3) is 6.08 Å². The van der Waals surface area contributed by atoms with Gasteiger partial charge in [0.05, 0.1) is 22.8 Å². The molecule has 5 nitrogen and oxygen atoms in total. The van der Waals surface area contributed by atoms with E-state index in [-0.39, 0.29) is 18.4 Å². The van der Waals surface area contributed by atoms with E-state index < -0.39 is 0 Å². The number of rotatable bonds is 5. The van der Waals surface area contributed by atoms with Crippen molar-refractivity contribution in [3.8, 4) is 0 Å². The number of nitrogens with one attached hydrogen (secondary N) is 1. The number of anilines is 1. The number of amides is 2. The normalized spacial score (nSPS) is 14.5. The SMILES string of the molecule is Cc1ccc(/C=C2\Sc3ccccc3N(CC(=O)NCc3ccccn3)C2=O)cc1. The lowest BCUT2D eigenvalue weighted by molar-refractivity contribution is -0.122. The first-order chi connectivity index (χ1) is 14.6. The van der Waals surface area contributed by atoms with Gasteiger partial charge in [-0.2, -0.15) is 0 Å². The maximum absolute atomic E-state index is 13.2. The molecular weight excluding hydrogens is 394 g/mol. The zero-order valence-corrected chi connectivity index (χ0v) is 17.4. The van der Waals surface area contributed by atoms with E-state index in [1.165, 1.54) is 11.8 Å². The summed E-state index contributed by atoms with van der Waals surface area (Å²) in [4.78, 5) is 33.1. The summed E-state index contributed by atoms with van der Waals surface area (Å²) in [6, 6.07) is 21.2. The highest BCUT2D eigenvalue weighted by molar-refractivity contribution is 8.04. The van der Waals surface area contributed by atoms with Crippen molar-refractivity contribution < 1.29 is 9.59 Å². The third kappa shape index (κ3) is 4.60. The Morgan fingerprint density at radius 3 is 2.60 bits per heavy atom. The minimum atomic E-state index is -0.231. The number of nitrogens with zero attached hydrogens (tertiary/aromatic N) is 2. The minimum Gasteiger partial charge on any atom is -0.349 e. The van der Waals surface area contributed by atoms with Gasteiger partial charge in [0.2, 0.25) is 5.91 Å². The first-order valence-corrected chi connectivity index (χ1v) is 10.5. The lowest BCUT2D eigenvalue weighted by Gasteiger charge is -2.29. The zero-order valence-electron chi connectivity index (χ0n) is 16.5. The molecule has 0 fully saturated rings. The van der Waals surface area contributed by atoms with Crippen LogP contribution in [0.2, 0.25) is 0 Å². The number of aromatic nitrogens is 1. The molecule has 1 aliphatic heterocycles. The van der Waals surface area contributed by atoms with Gasteiger partial charge >= 0.3 is 0 Å². The predicted octanol–water partition coefficient (Wildman–Crippen LogP) is 4.19. The first-order valence-electron chi connectivity index (χ1n) is 9.64. The maximum Gasteiger partial charge on any atom is 0.265 e. The maximum atomic E-state index is 13.2. The lowest BCUT2D eigenvalue weighted by atomic mass is 10.1. The van der Waals surface area contributed by atoms with Crippen LogP contribution in [-0.2, 0) is 16.1 Å². The van der Waals surface area contributed by atoms with Gasteiger partial charge in [-0.25, -0.2) is 0 Å². The Balaban J connectivity index is 1.55. The molecule has 0 saturated carbocycles. The van der Waals surface area contributed by atoms with E-state index in [4.69, 9.17) is 0 Å². The molecule has 1 aromatic heterocycles. The summed E-state index contributed by atoms with van der Waals surface area (Å²) < 4.78 is 0. The second kappa shape index (κ2) is 8.97. The average Bonchev–Trinajstić information content (AvgIpc) is 2.77. The molecule has 150 valence electrons. The minimum absolute atomic E-state index is 0.0471. The number of carbonyl (C=O) groups is 2. The average molecular weight is 416 g/mol. The third-order valence-corrected chi connectivity index (χ3v) is 5.78. The van der Waals surface area contributed by atoms with E-state index in [0.29, 0.717) is 11.4 Å². The Bertz CT molecular complexity index is 1090. The van der Waals surface area contributed by atoms with Crippen molar-refractivity contribution in [2.24, 2.45) is 0 Å². The summed E-state index contributed by atoms with van der Waals surface area (Å²) in [6.07, 6.45) is 3.56. The molecule has 0 radical (unpaired) electrons. The topological polar surface area (TPSA) is 62.3 Å². The number of pyridine rings is 1. The van der Waals surface area contributed by atoms with Crippen LogP contribution in [0.1, 0.15) is 16.8 Å². The molecule has 4 rings (SSSR count). The molecule has 0 saturated heterocycles. The van der Waals surface area contributed by atoms with Crippen LogP contribution in [0.15, 0.2) is 82.7 Å². The fourth-order valence-electron chi connectivity index (χ4n) is 3.12. The first kappa shape index (κ1) is 19.9. The number of para-hydroxylation sites is 1. The Morgan fingerprint density at radius 2 is 1.83 bits per heavy atom. The molecule has 2 heterocycles.